The van der Waals surface area contributed by atoms with E-state index in [-0.39, 0.29) is 25.5 Å². The zero-order chi connectivity index (χ0) is 17.4. The van der Waals surface area contributed by atoms with Crippen LogP contribution in [0.25, 0.3) is 0 Å². The Hall–Kier alpha value is -2.96. The predicted octanol–water partition coefficient (Wildman–Crippen LogP) is 2.35. The van der Waals surface area contributed by atoms with Crippen molar-refractivity contribution in [2.75, 3.05) is 19.8 Å². The van der Waals surface area contributed by atoms with Crippen LogP contribution >= 0.6 is 0 Å². The van der Waals surface area contributed by atoms with E-state index in [2.05, 4.69) is 5.32 Å². The van der Waals surface area contributed by atoms with Crippen LogP contribution in [0.2, 0.25) is 0 Å². The molecule has 0 saturated carbocycles. The van der Waals surface area contributed by atoms with Crippen LogP contribution in [0.3, 0.4) is 0 Å². The fraction of sp³-hybridized carbons (Fsp3) is 0.176. The van der Waals surface area contributed by atoms with Gasteiger partial charge in [0.2, 0.25) is 0 Å². The average Bonchev–Trinajstić information content (AvgIpc) is 2.60. The van der Waals surface area contributed by atoms with E-state index >= 15 is 0 Å². The molecule has 1 N–H and O–H groups in total. The summed E-state index contributed by atoms with van der Waals surface area (Å²) in [5.41, 5.74) is 0.354. The minimum absolute atomic E-state index is 0.0851. The summed E-state index contributed by atoms with van der Waals surface area (Å²) in [6.45, 7) is -0.00567. The number of carbonyl (C=O) groups excluding carboxylic acids is 2. The molecule has 0 radical (unpaired) electrons. The third-order valence-electron chi connectivity index (χ3n) is 2.99. The molecule has 0 unspecified atom stereocenters. The molecule has 0 aliphatic carbocycles. The molecule has 0 aliphatic heterocycles. The van der Waals surface area contributed by atoms with Crippen molar-refractivity contribution >= 4 is 12.2 Å². The Balaban J connectivity index is 1.69. The molecule has 0 heterocycles. The number of ether oxygens (including phenoxy) is 2. The second kappa shape index (κ2) is 8.61. The molecular weight excluding hydrogens is 320 g/mol. The number of carbonyl (C=O) groups is 2. The molecule has 24 heavy (non-hydrogen) atoms. The van der Waals surface area contributed by atoms with Crippen LogP contribution in [0.4, 0.5) is 8.78 Å². The first-order valence-corrected chi connectivity index (χ1v) is 7.11. The molecule has 0 fully saturated rings. The SMILES string of the molecule is O=Cc1ccccc1OCC(=O)NCCOc1ccc(F)c(F)c1. The Morgan fingerprint density at radius 3 is 2.62 bits per heavy atom. The monoisotopic (exact) mass is 335 g/mol. The minimum atomic E-state index is -1.00. The highest BCUT2D eigenvalue weighted by molar-refractivity contribution is 5.80. The van der Waals surface area contributed by atoms with Gasteiger partial charge in [-0.1, -0.05) is 12.1 Å². The summed E-state index contributed by atoms with van der Waals surface area (Å²) in [6, 6.07) is 9.72. The van der Waals surface area contributed by atoms with Gasteiger partial charge in [0.05, 0.1) is 12.1 Å². The van der Waals surface area contributed by atoms with Gasteiger partial charge in [-0.15, -0.1) is 0 Å². The molecule has 0 saturated heterocycles. The second-order valence-corrected chi connectivity index (χ2v) is 4.72. The molecular formula is C17H15F2NO4. The molecule has 2 aromatic carbocycles. The largest absolute Gasteiger partial charge is 0.492 e. The Labute approximate surface area is 137 Å². The number of benzene rings is 2. The molecule has 0 aliphatic rings. The topological polar surface area (TPSA) is 64.6 Å². The lowest BCUT2D eigenvalue weighted by atomic mass is 10.2. The van der Waals surface area contributed by atoms with Crippen molar-refractivity contribution in [3.63, 3.8) is 0 Å². The minimum Gasteiger partial charge on any atom is -0.492 e. The van der Waals surface area contributed by atoms with Crippen molar-refractivity contribution in [1.82, 2.24) is 5.32 Å². The van der Waals surface area contributed by atoms with Gasteiger partial charge in [0.1, 0.15) is 18.1 Å². The lowest BCUT2D eigenvalue weighted by Crippen LogP contribution is -2.32. The number of amides is 1. The maximum absolute atomic E-state index is 13.0. The van der Waals surface area contributed by atoms with Crippen molar-refractivity contribution in [3.8, 4) is 11.5 Å². The average molecular weight is 335 g/mol. The zero-order valence-electron chi connectivity index (χ0n) is 12.6. The Bertz CT molecular complexity index is 721. The van der Waals surface area contributed by atoms with Crippen LogP contribution in [-0.4, -0.2) is 32.0 Å². The fourth-order valence-electron chi connectivity index (χ4n) is 1.83. The van der Waals surface area contributed by atoms with Gasteiger partial charge in [0.15, 0.2) is 24.5 Å². The number of hydrogen-bond donors (Lipinski definition) is 1. The highest BCUT2D eigenvalue weighted by Gasteiger charge is 2.06. The molecule has 0 spiro atoms. The van der Waals surface area contributed by atoms with Crippen LogP contribution in [0.5, 0.6) is 11.5 Å². The van der Waals surface area contributed by atoms with Crippen molar-refractivity contribution in [2.24, 2.45) is 0 Å². The molecule has 5 nitrogen and oxygen atoms in total. The van der Waals surface area contributed by atoms with Crippen LogP contribution in [-0.2, 0) is 4.79 Å². The number of rotatable bonds is 8. The normalized spacial score (nSPS) is 10.1. The number of halogens is 2. The van der Waals surface area contributed by atoms with E-state index < -0.39 is 17.5 Å². The van der Waals surface area contributed by atoms with E-state index in [0.717, 1.165) is 12.1 Å². The van der Waals surface area contributed by atoms with Gasteiger partial charge < -0.3 is 14.8 Å². The summed E-state index contributed by atoms with van der Waals surface area (Å²) in [6.07, 6.45) is 0.642. The van der Waals surface area contributed by atoms with Gasteiger partial charge >= 0.3 is 0 Å². The number of aldehydes is 1. The fourth-order valence-corrected chi connectivity index (χ4v) is 1.83. The highest BCUT2D eigenvalue weighted by Crippen LogP contribution is 2.16. The third-order valence-corrected chi connectivity index (χ3v) is 2.99. The Morgan fingerprint density at radius 1 is 1.08 bits per heavy atom. The Morgan fingerprint density at radius 2 is 1.88 bits per heavy atom. The van der Waals surface area contributed by atoms with Gasteiger partial charge in [-0.3, -0.25) is 9.59 Å². The third kappa shape index (κ3) is 5.05. The van der Waals surface area contributed by atoms with E-state index in [1.54, 1.807) is 24.3 Å². The van der Waals surface area contributed by atoms with Crippen molar-refractivity contribution in [3.05, 3.63) is 59.7 Å². The summed E-state index contributed by atoms with van der Waals surface area (Å²) in [7, 11) is 0. The molecule has 7 heteroatoms. The Kier molecular flexibility index (Phi) is 6.24. The lowest BCUT2D eigenvalue weighted by Gasteiger charge is -2.10. The van der Waals surface area contributed by atoms with E-state index in [1.807, 2.05) is 0 Å². The summed E-state index contributed by atoms with van der Waals surface area (Å²) in [5, 5.41) is 2.54. The molecule has 2 aromatic rings. The number of para-hydroxylation sites is 1. The van der Waals surface area contributed by atoms with E-state index in [4.69, 9.17) is 9.47 Å². The molecule has 126 valence electrons. The van der Waals surface area contributed by atoms with E-state index in [1.165, 1.54) is 6.07 Å². The molecule has 0 aromatic heterocycles. The van der Waals surface area contributed by atoms with Crippen LogP contribution in [0.1, 0.15) is 10.4 Å². The van der Waals surface area contributed by atoms with Crippen molar-refractivity contribution in [2.45, 2.75) is 0 Å². The molecule has 2 rings (SSSR count). The van der Waals surface area contributed by atoms with Crippen LogP contribution in [0.15, 0.2) is 42.5 Å². The van der Waals surface area contributed by atoms with Crippen LogP contribution in [0, 0.1) is 11.6 Å². The smallest absolute Gasteiger partial charge is 0.258 e. The first-order valence-electron chi connectivity index (χ1n) is 7.11. The molecule has 0 atom stereocenters. The quantitative estimate of drug-likeness (QED) is 0.594. The maximum Gasteiger partial charge on any atom is 0.258 e. The van der Waals surface area contributed by atoms with E-state index in [0.29, 0.717) is 17.6 Å². The summed E-state index contributed by atoms with van der Waals surface area (Å²) >= 11 is 0. The van der Waals surface area contributed by atoms with Crippen molar-refractivity contribution < 1.29 is 27.8 Å². The first-order chi connectivity index (χ1) is 11.6. The lowest BCUT2D eigenvalue weighted by molar-refractivity contribution is -0.123. The van der Waals surface area contributed by atoms with Gasteiger partial charge in [0.25, 0.3) is 5.91 Å². The van der Waals surface area contributed by atoms with Gasteiger partial charge in [-0.05, 0) is 24.3 Å². The van der Waals surface area contributed by atoms with Gasteiger partial charge in [0, 0.05) is 6.07 Å². The predicted molar refractivity (Wildman–Crippen MR) is 82.2 cm³/mol. The highest BCUT2D eigenvalue weighted by atomic mass is 19.2. The van der Waals surface area contributed by atoms with Crippen LogP contribution < -0.4 is 14.8 Å². The molecule has 0 bridgehead atoms. The number of hydrogen-bond acceptors (Lipinski definition) is 4. The van der Waals surface area contributed by atoms with Crippen molar-refractivity contribution in [1.29, 1.82) is 0 Å². The number of nitrogens with one attached hydrogen (secondary N) is 1. The molecule has 1 amide bonds. The summed E-state index contributed by atoms with van der Waals surface area (Å²) in [5.74, 6) is -1.87. The zero-order valence-corrected chi connectivity index (χ0v) is 12.6. The van der Waals surface area contributed by atoms with Gasteiger partial charge in [-0.2, -0.15) is 0 Å². The summed E-state index contributed by atoms with van der Waals surface area (Å²) in [4.78, 5) is 22.5. The maximum atomic E-state index is 13.0. The standard InChI is InChI=1S/C17H15F2NO4/c18-14-6-5-13(9-15(14)19)23-8-7-20-17(22)11-24-16-4-2-1-3-12(16)10-21/h1-6,9-10H,7-8,11H2,(H,20,22). The van der Waals surface area contributed by atoms with Gasteiger partial charge in [-0.25, -0.2) is 8.78 Å². The second-order valence-electron chi connectivity index (χ2n) is 4.72. The van der Waals surface area contributed by atoms with E-state index in [9.17, 15) is 18.4 Å². The first kappa shape index (κ1) is 17.4. The summed E-state index contributed by atoms with van der Waals surface area (Å²) < 4.78 is 36.2.